The highest BCUT2D eigenvalue weighted by molar-refractivity contribution is 6.32. The van der Waals surface area contributed by atoms with Crippen LogP contribution in [0.15, 0.2) is 87.1 Å². The zero-order valence-electron chi connectivity index (χ0n) is 17.1. The van der Waals surface area contributed by atoms with E-state index in [2.05, 4.69) is 10.1 Å². The molecular weight excluding hydrogens is 440 g/mol. The van der Waals surface area contributed by atoms with Gasteiger partial charge in [-0.25, -0.2) is 4.98 Å². The van der Waals surface area contributed by atoms with Gasteiger partial charge >= 0.3 is 0 Å². The van der Waals surface area contributed by atoms with Gasteiger partial charge in [0.05, 0.1) is 22.1 Å². The van der Waals surface area contributed by atoms with Crippen molar-refractivity contribution in [2.75, 3.05) is 6.61 Å². The maximum atomic E-state index is 13.3. The fourth-order valence-electron chi connectivity index (χ4n) is 3.43. The molecule has 0 aliphatic heterocycles. The van der Waals surface area contributed by atoms with Crippen molar-refractivity contribution in [3.63, 3.8) is 0 Å². The summed E-state index contributed by atoms with van der Waals surface area (Å²) in [5.74, 6) is 1.10. The Morgan fingerprint density at radius 3 is 2.76 bits per heavy atom. The second-order valence-electron chi connectivity index (χ2n) is 7.10. The second-order valence-corrected chi connectivity index (χ2v) is 7.51. The first-order valence-corrected chi connectivity index (χ1v) is 10.4. The molecule has 0 spiro atoms. The van der Waals surface area contributed by atoms with Crippen LogP contribution in [0.1, 0.15) is 5.56 Å². The van der Waals surface area contributed by atoms with Gasteiger partial charge in [-0.15, -0.1) is 0 Å². The fourth-order valence-corrected chi connectivity index (χ4v) is 3.67. The topological polar surface area (TPSA) is 93.4 Å². The SMILES string of the molecule is N#CCOc1ccc(C=Nn2c(-c3cc4ccccc4o3)nc3ccccc3c2=O)cc1Cl. The Hall–Kier alpha value is -4.41. The molecule has 7 nitrogen and oxygen atoms in total. The largest absolute Gasteiger partial charge is 0.477 e. The summed E-state index contributed by atoms with van der Waals surface area (Å²) in [6.45, 7) is -0.105. The van der Waals surface area contributed by atoms with Crippen LogP contribution in [0.25, 0.3) is 33.5 Å². The lowest BCUT2D eigenvalue weighted by atomic mass is 10.2. The summed E-state index contributed by atoms with van der Waals surface area (Å²) in [7, 11) is 0. The molecule has 0 fully saturated rings. The molecule has 5 aromatic rings. The second kappa shape index (κ2) is 8.61. The van der Waals surface area contributed by atoms with Gasteiger partial charge in [0, 0.05) is 5.39 Å². The molecule has 2 heterocycles. The molecule has 0 aliphatic carbocycles. The van der Waals surface area contributed by atoms with Crippen molar-refractivity contribution in [1.82, 2.24) is 9.66 Å². The van der Waals surface area contributed by atoms with Gasteiger partial charge in [0.1, 0.15) is 17.4 Å². The third kappa shape index (κ3) is 3.95. The monoisotopic (exact) mass is 454 g/mol. The van der Waals surface area contributed by atoms with Crippen LogP contribution in [0.5, 0.6) is 5.75 Å². The van der Waals surface area contributed by atoms with Crippen molar-refractivity contribution in [1.29, 1.82) is 5.26 Å². The van der Waals surface area contributed by atoms with E-state index in [0.717, 1.165) is 5.39 Å². The van der Waals surface area contributed by atoms with Gasteiger partial charge in [-0.2, -0.15) is 15.0 Å². The summed E-state index contributed by atoms with van der Waals surface area (Å²) < 4.78 is 12.4. The molecule has 2 aromatic heterocycles. The van der Waals surface area contributed by atoms with Crippen LogP contribution in [0.2, 0.25) is 5.02 Å². The Labute approximate surface area is 192 Å². The summed E-state index contributed by atoms with van der Waals surface area (Å²) in [6.07, 6.45) is 1.50. The molecule has 0 saturated heterocycles. The van der Waals surface area contributed by atoms with Crippen molar-refractivity contribution in [3.8, 4) is 23.4 Å². The Morgan fingerprint density at radius 1 is 1.12 bits per heavy atom. The van der Waals surface area contributed by atoms with Crippen molar-refractivity contribution >= 4 is 39.7 Å². The molecule has 0 radical (unpaired) electrons. The van der Waals surface area contributed by atoms with Gasteiger partial charge in [0.25, 0.3) is 5.56 Å². The van der Waals surface area contributed by atoms with Crippen molar-refractivity contribution < 1.29 is 9.15 Å². The smallest absolute Gasteiger partial charge is 0.282 e. The minimum Gasteiger partial charge on any atom is -0.477 e. The van der Waals surface area contributed by atoms with Crippen molar-refractivity contribution in [3.05, 3.63) is 93.7 Å². The van der Waals surface area contributed by atoms with Crippen molar-refractivity contribution in [2.45, 2.75) is 0 Å². The number of ether oxygens (including phenoxy) is 1. The normalized spacial score (nSPS) is 11.3. The fraction of sp³-hybridized carbons (Fsp3) is 0.0400. The molecule has 0 aliphatic rings. The van der Waals surface area contributed by atoms with Crippen LogP contribution < -0.4 is 10.3 Å². The number of benzene rings is 3. The van der Waals surface area contributed by atoms with Crippen LogP contribution in [0.3, 0.4) is 0 Å². The maximum Gasteiger partial charge on any atom is 0.282 e. The number of fused-ring (bicyclic) bond motifs is 2. The first kappa shape index (κ1) is 20.5. The summed E-state index contributed by atoms with van der Waals surface area (Å²) in [4.78, 5) is 17.9. The molecule has 0 saturated carbocycles. The van der Waals surface area contributed by atoms with Gasteiger partial charge in [0.15, 0.2) is 12.4 Å². The highest BCUT2D eigenvalue weighted by Crippen LogP contribution is 2.27. The minimum atomic E-state index is -0.327. The summed E-state index contributed by atoms with van der Waals surface area (Å²) in [5.41, 5.74) is 1.55. The number of furan rings is 1. The molecule has 0 bridgehead atoms. The molecule has 0 amide bonds. The highest BCUT2D eigenvalue weighted by Gasteiger charge is 2.16. The number of rotatable bonds is 5. The van der Waals surface area contributed by atoms with Crippen LogP contribution in [-0.2, 0) is 0 Å². The van der Waals surface area contributed by atoms with E-state index in [4.69, 9.17) is 26.0 Å². The summed E-state index contributed by atoms with van der Waals surface area (Å²) in [5, 5.41) is 14.7. The zero-order chi connectivity index (χ0) is 22.8. The third-order valence-electron chi connectivity index (χ3n) is 4.97. The third-order valence-corrected chi connectivity index (χ3v) is 5.27. The quantitative estimate of drug-likeness (QED) is 0.338. The summed E-state index contributed by atoms with van der Waals surface area (Å²) in [6, 6.07) is 23.4. The van der Waals surface area contributed by atoms with E-state index in [1.165, 1.54) is 10.9 Å². The predicted octanol–water partition coefficient (Wildman–Crippen LogP) is 5.25. The van der Waals surface area contributed by atoms with Crippen LogP contribution >= 0.6 is 11.6 Å². The maximum absolute atomic E-state index is 13.3. The highest BCUT2D eigenvalue weighted by atomic mass is 35.5. The number of hydrogen-bond donors (Lipinski definition) is 0. The number of halogens is 1. The molecule has 33 heavy (non-hydrogen) atoms. The van der Waals surface area contributed by atoms with Gasteiger partial charge in [-0.3, -0.25) is 4.79 Å². The van der Waals surface area contributed by atoms with E-state index in [-0.39, 0.29) is 18.0 Å². The predicted molar refractivity (Wildman–Crippen MR) is 127 cm³/mol. The van der Waals surface area contributed by atoms with Gasteiger partial charge in [-0.1, -0.05) is 41.9 Å². The molecule has 5 rings (SSSR count). The Kier molecular flexibility index (Phi) is 5.35. The lowest BCUT2D eigenvalue weighted by Crippen LogP contribution is -2.20. The first-order chi connectivity index (χ1) is 16.1. The van der Waals surface area contributed by atoms with Gasteiger partial charge < -0.3 is 9.15 Å². The Bertz CT molecular complexity index is 1600. The molecule has 0 unspecified atom stereocenters. The summed E-state index contributed by atoms with van der Waals surface area (Å²) >= 11 is 6.24. The van der Waals surface area contributed by atoms with E-state index in [1.807, 2.05) is 42.5 Å². The van der Waals surface area contributed by atoms with E-state index < -0.39 is 0 Å². The standard InChI is InChI=1S/C25H15ClN4O3/c26-19-13-16(9-10-22(19)32-12-11-27)15-28-30-24(23-14-17-5-1-4-8-21(17)33-23)29-20-7-3-2-6-18(20)25(30)31/h1-10,13-15H,12H2. The van der Waals surface area contributed by atoms with E-state index in [0.29, 0.717) is 38.6 Å². The zero-order valence-corrected chi connectivity index (χ0v) is 17.9. The van der Waals surface area contributed by atoms with Gasteiger partial charge in [0.2, 0.25) is 5.82 Å². The van der Waals surface area contributed by atoms with E-state index in [1.54, 1.807) is 36.4 Å². The molecular formula is C25H15ClN4O3. The van der Waals surface area contributed by atoms with Crippen LogP contribution in [-0.4, -0.2) is 22.5 Å². The Balaban J connectivity index is 1.63. The first-order valence-electron chi connectivity index (χ1n) is 9.98. The lowest BCUT2D eigenvalue weighted by molar-refractivity contribution is 0.368. The number of hydrogen-bond acceptors (Lipinski definition) is 6. The minimum absolute atomic E-state index is 0.105. The molecule has 160 valence electrons. The number of para-hydroxylation sites is 2. The Morgan fingerprint density at radius 2 is 1.94 bits per heavy atom. The average Bonchev–Trinajstić information content (AvgIpc) is 3.27. The molecule has 0 N–H and O–H groups in total. The molecule has 3 aromatic carbocycles. The lowest BCUT2D eigenvalue weighted by Gasteiger charge is -2.08. The average molecular weight is 455 g/mol. The number of nitriles is 1. The van der Waals surface area contributed by atoms with Crippen molar-refractivity contribution in [2.24, 2.45) is 5.10 Å². The van der Waals surface area contributed by atoms with Crippen LogP contribution in [0.4, 0.5) is 0 Å². The number of aromatic nitrogens is 2. The molecule has 8 heteroatoms. The van der Waals surface area contributed by atoms with E-state index >= 15 is 0 Å². The number of nitrogens with zero attached hydrogens (tertiary/aromatic N) is 4. The van der Waals surface area contributed by atoms with E-state index in [9.17, 15) is 4.79 Å². The van der Waals surface area contributed by atoms with Gasteiger partial charge in [-0.05, 0) is 48.0 Å². The van der Waals surface area contributed by atoms with Crippen LogP contribution in [0, 0.1) is 11.3 Å². The molecule has 0 atom stereocenters.